The van der Waals surface area contributed by atoms with Crippen LogP contribution in [0.3, 0.4) is 0 Å². The number of carboxylic acid groups (broad SMARTS) is 2. The third-order valence-electron chi connectivity index (χ3n) is 11.5. The molecule has 378 valence electrons. The molecule has 5 rings (SSSR count). The number of nitrogens with one attached hydrogen (secondary N) is 8. The molecule has 0 unspecified atom stereocenters. The molecule has 2 aromatic heterocycles. The van der Waals surface area contributed by atoms with Gasteiger partial charge in [-0.2, -0.15) is 0 Å². The van der Waals surface area contributed by atoms with E-state index in [1.807, 2.05) is 30.3 Å². The minimum atomic E-state index is -1.52. The van der Waals surface area contributed by atoms with E-state index < -0.39 is 103 Å². The van der Waals surface area contributed by atoms with Gasteiger partial charge in [0.1, 0.15) is 36.0 Å². The third-order valence-corrected chi connectivity index (χ3v) is 11.5. The molecule has 3 aromatic carbocycles. The second-order valence-electron chi connectivity index (χ2n) is 17.2. The largest absolute Gasteiger partial charge is 0.508 e. The van der Waals surface area contributed by atoms with Gasteiger partial charge in [0, 0.05) is 60.0 Å². The summed E-state index contributed by atoms with van der Waals surface area (Å²) >= 11 is 0. The maximum absolute atomic E-state index is 14.4. The Balaban J connectivity index is 1.33. The molecule has 17 N–H and O–H groups in total. The minimum absolute atomic E-state index is 0.0312. The van der Waals surface area contributed by atoms with Gasteiger partial charge in [-0.25, -0.2) is 4.79 Å². The zero-order chi connectivity index (χ0) is 51.8. The molecule has 0 saturated heterocycles. The number of aromatic amines is 2. The summed E-state index contributed by atoms with van der Waals surface area (Å²) in [5.41, 5.74) is 19.8. The number of hydrogen-bond acceptors (Lipinski definition) is 11. The maximum atomic E-state index is 14.4. The van der Waals surface area contributed by atoms with Gasteiger partial charge in [0.15, 0.2) is 5.96 Å². The summed E-state index contributed by atoms with van der Waals surface area (Å²) in [6.45, 7) is 2.72. The number of benzene rings is 3. The number of aliphatic imine (C=N–C) groups is 1. The topological polar surface area (TPSA) is 391 Å². The first-order valence-electron chi connectivity index (χ1n) is 22.7. The number of guanidine groups is 1. The van der Waals surface area contributed by atoms with Crippen molar-refractivity contribution < 1.29 is 53.7 Å². The summed E-state index contributed by atoms with van der Waals surface area (Å²) < 4.78 is 0. The fourth-order valence-corrected chi connectivity index (χ4v) is 7.71. The van der Waals surface area contributed by atoms with Crippen LogP contribution in [0.1, 0.15) is 49.8 Å². The zero-order valence-electron chi connectivity index (χ0n) is 39.1. The van der Waals surface area contributed by atoms with Gasteiger partial charge < -0.3 is 74.4 Å². The summed E-state index contributed by atoms with van der Waals surface area (Å²) in [7, 11) is 0. The molecule has 6 amide bonds. The van der Waals surface area contributed by atoms with Crippen molar-refractivity contribution in [3.8, 4) is 5.75 Å². The highest BCUT2D eigenvalue weighted by Crippen LogP contribution is 2.21. The number of carboxylic acids is 2. The van der Waals surface area contributed by atoms with E-state index in [2.05, 4.69) is 46.9 Å². The molecule has 0 radical (unpaired) electrons. The van der Waals surface area contributed by atoms with Gasteiger partial charge in [-0.3, -0.25) is 38.6 Å². The second-order valence-corrected chi connectivity index (χ2v) is 17.2. The predicted octanol–water partition coefficient (Wildman–Crippen LogP) is -0.481. The number of phenols is 1. The minimum Gasteiger partial charge on any atom is -0.508 e. The molecule has 0 aliphatic heterocycles. The molecular formula is C48H60N12O11. The van der Waals surface area contributed by atoms with Crippen molar-refractivity contribution in [1.29, 1.82) is 0 Å². The Bertz CT molecular complexity index is 2730. The number of aromatic hydroxyl groups is 1. The molecule has 0 fully saturated rings. The van der Waals surface area contributed by atoms with Crippen LogP contribution < -0.4 is 49.1 Å². The quantitative estimate of drug-likeness (QED) is 0.0189. The number of carbonyl (C=O) groups excluding carboxylic acids is 6. The average molecular weight is 981 g/mol. The number of nitrogens with zero attached hydrogens (tertiary/aromatic N) is 1. The lowest BCUT2D eigenvalue weighted by Crippen LogP contribution is -2.60. The molecule has 23 nitrogen and oxygen atoms in total. The molecule has 23 heteroatoms. The number of hydrogen-bond donors (Lipinski definition) is 14. The Morgan fingerprint density at radius 3 is 1.68 bits per heavy atom. The smallest absolute Gasteiger partial charge is 0.326 e. The van der Waals surface area contributed by atoms with Gasteiger partial charge >= 0.3 is 11.9 Å². The van der Waals surface area contributed by atoms with Crippen molar-refractivity contribution in [2.45, 2.75) is 88.6 Å². The van der Waals surface area contributed by atoms with Crippen LogP contribution in [0.15, 0.2) is 90.2 Å². The maximum Gasteiger partial charge on any atom is 0.326 e. The third kappa shape index (κ3) is 15.8. The summed E-state index contributed by atoms with van der Waals surface area (Å²) in [6.07, 6.45) is 2.42. The number of aromatic nitrogens is 2. The van der Waals surface area contributed by atoms with Gasteiger partial charge in [0.05, 0.1) is 19.0 Å². The van der Waals surface area contributed by atoms with Crippen molar-refractivity contribution in [2.75, 3.05) is 13.1 Å². The number of para-hydroxylation sites is 2. The van der Waals surface area contributed by atoms with E-state index in [1.54, 1.807) is 44.4 Å². The highest BCUT2D eigenvalue weighted by molar-refractivity contribution is 5.97. The second kappa shape index (κ2) is 25.2. The standard InChI is InChI=1S/C48H60N12O11/c1-25(2)41(46(69)55-24-39(62)56-37(19-27-22-53-33-10-5-3-8-30(27)33)44(67)57-35(47(70)71)12-7-17-52-48(50)51)60-45(68)38(20-28-23-54-34-11-6-4-9-31(28)34)59-43(66)36(18-26-13-15-29(61)16-14-26)58-42(65)32(49)21-40(63)64/h3-6,8-11,13-16,22-23,25,32,35-38,41,53-54,61H,7,12,17-21,24,49H2,1-2H3,(H,55,69)(H,56,62)(H,57,67)(H,58,65)(H,59,66)(H,60,68)(H,63,64)(H,70,71)(H4,50,51,52)/t32-,35-,36-,37+,38+,41-/m0/s1. The molecule has 2 heterocycles. The first-order valence-corrected chi connectivity index (χ1v) is 22.7. The number of H-pyrrole nitrogens is 2. The van der Waals surface area contributed by atoms with Crippen molar-refractivity contribution in [2.24, 2.45) is 28.1 Å². The Hall–Kier alpha value is -8.47. The fraction of sp³-hybridized carbons (Fsp3) is 0.354. The Morgan fingerprint density at radius 1 is 0.634 bits per heavy atom. The van der Waals surface area contributed by atoms with E-state index >= 15 is 0 Å². The summed E-state index contributed by atoms with van der Waals surface area (Å²) in [4.78, 5) is 116. The summed E-state index contributed by atoms with van der Waals surface area (Å²) in [6, 6.07) is 11.9. The van der Waals surface area contributed by atoms with Crippen LogP contribution in [0, 0.1) is 5.92 Å². The lowest BCUT2D eigenvalue weighted by Gasteiger charge is -2.27. The molecule has 0 aliphatic rings. The zero-order valence-corrected chi connectivity index (χ0v) is 39.1. The van der Waals surface area contributed by atoms with Crippen LogP contribution in [0.5, 0.6) is 5.75 Å². The van der Waals surface area contributed by atoms with Crippen LogP contribution in [-0.4, -0.2) is 128 Å². The Morgan fingerprint density at radius 2 is 1.14 bits per heavy atom. The molecule has 6 atom stereocenters. The number of carbonyl (C=O) groups is 8. The number of rotatable bonds is 26. The van der Waals surface area contributed by atoms with Crippen molar-refractivity contribution in [3.05, 3.63) is 102 Å². The normalized spacial score (nSPS) is 13.7. The molecule has 71 heavy (non-hydrogen) atoms. The van der Waals surface area contributed by atoms with E-state index in [0.717, 1.165) is 21.8 Å². The van der Waals surface area contributed by atoms with Crippen LogP contribution in [-0.2, 0) is 57.6 Å². The van der Waals surface area contributed by atoms with Crippen molar-refractivity contribution >= 4 is 75.1 Å². The van der Waals surface area contributed by atoms with E-state index in [4.69, 9.17) is 17.2 Å². The van der Waals surface area contributed by atoms with Crippen molar-refractivity contribution in [3.63, 3.8) is 0 Å². The Labute approximate surface area is 407 Å². The number of amides is 6. The predicted molar refractivity (Wildman–Crippen MR) is 261 cm³/mol. The molecule has 5 aromatic rings. The molecule has 0 spiro atoms. The SMILES string of the molecule is CC(C)[C@H](NC(=O)[C@@H](Cc1c[nH]c2ccccc12)NC(=O)[C@H](Cc1ccc(O)cc1)NC(=O)[C@@H](N)CC(=O)O)C(=O)NCC(=O)N[C@H](Cc1c[nH]c2ccccc12)C(=O)N[C@@H](CCCN=C(N)N)C(=O)O. The number of phenolic OH excluding ortho intramolecular Hbond substituents is 1. The molecular weight excluding hydrogens is 921 g/mol. The molecule has 0 bridgehead atoms. The van der Waals surface area contributed by atoms with Gasteiger partial charge in [-0.15, -0.1) is 0 Å². The highest BCUT2D eigenvalue weighted by atomic mass is 16.4. The first-order chi connectivity index (χ1) is 33.8. The summed E-state index contributed by atoms with van der Waals surface area (Å²) in [5.74, 6) is -8.55. The van der Waals surface area contributed by atoms with Crippen LogP contribution in [0.4, 0.5) is 0 Å². The average Bonchev–Trinajstić information content (AvgIpc) is 3.93. The van der Waals surface area contributed by atoms with Gasteiger partial charge in [-0.1, -0.05) is 62.4 Å². The van der Waals surface area contributed by atoms with Crippen molar-refractivity contribution in [1.82, 2.24) is 41.9 Å². The number of aliphatic carboxylic acids is 2. The van der Waals surface area contributed by atoms with E-state index in [-0.39, 0.29) is 50.4 Å². The van der Waals surface area contributed by atoms with Crippen LogP contribution in [0.2, 0.25) is 0 Å². The number of nitrogens with two attached hydrogens (primary N) is 3. The lowest BCUT2D eigenvalue weighted by molar-refractivity contribution is -0.142. The molecule has 0 saturated carbocycles. The summed E-state index contributed by atoms with van der Waals surface area (Å²) in [5, 5.41) is 45.9. The van der Waals surface area contributed by atoms with Gasteiger partial charge in [0.25, 0.3) is 0 Å². The Kier molecular flexibility index (Phi) is 19.0. The highest BCUT2D eigenvalue weighted by Gasteiger charge is 2.34. The lowest BCUT2D eigenvalue weighted by atomic mass is 9.99. The number of fused-ring (bicyclic) bond motifs is 2. The van der Waals surface area contributed by atoms with Gasteiger partial charge in [0.2, 0.25) is 35.4 Å². The van der Waals surface area contributed by atoms with E-state index in [1.165, 1.54) is 24.3 Å². The van der Waals surface area contributed by atoms with E-state index in [0.29, 0.717) is 16.7 Å². The van der Waals surface area contributed by atoms with Crippen LogP contribution >= 0.6 is 0 Å². The fourth-order valence-electron chi connectivity index (χ4n) is 7.71. The molecule has 0 aliphatic carbocycles. The van der Waals surface area contributed by atoms with E-state index in [9.17, 15) is 53.7 Å². The van der Waals surface area contributed by atoms with Gasteiger partial charge in [-0.05, 0) is 59.7 Å². The monoisotopic (exact) mass is 980 g/mol. The van der Waals surface area contributed by atoms with Crippen LogP contribution in [0.25, 0.3) is 21.8 Å². The first kappa shape index (κ1) is 53.5.